The number of benzene rings is 1. The molecule has 0 amide bonds. The topological polar surface area (TPSA) is 161 Å². The minimum atomic E-state index is -4.22. The predicted octanol–water partition coefficient (Wildman–Crippen LogP) is 2.12. The van der Waals surface area contributed by atoms with Crippen LogP contribution < -0.4 is 14.2 Å². The largest absolute Gasteiger partial charge is 0.481 e. The van der Waals surface area contributed by atoms with Crippen molar-refractivity contribution in [3.63, 3.8) is 0 Å². The zero-order chi connectivity index (χ0) is 24.0. The highest BCUT2D eigenvalue weighted by Gasteiger charge is 2.44. The van der Waals surface area contributed by atoms with Crippen molar-refractivity contribution in [1.29, 1.82) is 5.26 Å². The second-order valence-electron chi connectivity index (χ2n) is 7.45. The first-order chi connectivity index (χ1) is 16.4. The van der Waals surface area contributed by atoms with Gasteiger partial charge in [0, 0.05) is 17.5 Å². The number of nitriles is 1. The molecular weight excluding hydrogens is 467 g/mol. The number of methoxy groups -OCH3 is 2. The third-order valence-electron chi connectivity index (χ3n) is 5.47. The van der Waals surface area contributed by atoms with Crippen LogP contribution >= 0.6 is 0 Å². The first-order valence-corrected chi connectivity index (χ1v) is 11.4. The van der Waals surface area contributed by atoms with Crippen LogP contribution in [0.4, 0.5) is 10.3 Å². The Morgan fingerprint density at radius 3 is 2.47 bits per heavy atom. The van der Waals surface area contributed by atoms with Gasteiger partial charge in [0.15, 0.2) is 5.82 Å². The molecule has 0 radical (unpaired) electrons. The van der Waals surface area contributed by atoms with Crippen LogP contribution in [0.3, 0.4) is 0 Å². The Kier molecular flexibility index (Phi) is 5.05. The molecule has 2 unspecified atom stereocenters. The molecule has 3 aromatic heterocycles. The molecule has 2 atom stereocenters. The Hall–Kier alpha value is -4.25. The maximum Gasteiger partial charge on any atom is 0.266 e. The SMILES string of the molecule is COc1nc(NS(=O)(=O)c2c[nH]c3c(-n4nccn4)c(F)ccc23)nc(OC)c1C1CC1C#N. The lowest BCUT2D eigenvalue weighted by Gasteiger charge is -2.13. The second-order valence-corrected chi connectivity index (χ2v) is 9.10. The number of rotatable bonds is 7. The standard InChI is InChI=1S/C20H17FN8O4S/c1-32-18-15(12-7-10(12)8-22)19(33-2)27-20(26-18)28-34(30,31)14-9-23-16-11(14)3-4-13(21)17(16)29-24-5-6-25-29/h3-6,9-10,12,23H,7H2,1-2H3,(H,26,27,28). The van der Waals surface area contributed by atoms with E-state index < -0.39 is 15.8 Å². The molecule has 14 heteroatoms. The van der Waals surface area contributed by atoms with Gasteiger partial charge in [0.1, 0.15) is 10.6 Å². The van der Waals surface area contributed by atoms with E-state index in [1.807, 2.05) is 0 Å². The lowest BCUT2D eigenvalue weighted by atomic mass is 10.1. The smallest absolute Gasteiger partial charge is 0.266 e. The molecule has 1 saturated carbocycles. The third-order valence-corrected chi connectivity index (χ3v) is 6.83. The summed E-state index contributed by atoms with van der Waals surface area (Å²) in [4.78, 5) is 12.0. The van der Waals surface area contributed by atoms with Crippen molar-refractivity contribution >= 4 is 26.9 Å². The lowest BCUT2D eigenvalue weighted by molar-refractivity contribution is 0.363. The van der Waals surface area contributed by atoms with E-state index in [-0.39, 0.29) is 51.0 Å². The highest BCUT2D eigenvalue weighted by Crippen LogP contribution is 2.52. The molecule has 12 nitrogen and oxygen atoms in total. The fraction of sp³-hybridized carbons (Fsp3) is 0.250. The fourth-order valence-electron chi connectivity index (χ4n) is 3.82. The summed E-state index contributed by atoms with van der Waals surface area (Å²) in [6, 6.07) is 4.65. The summed E-state index contributed by atoms with van der Waals surface area (Å²) in [5.74, 6) is -1.05. The van der Waals surface area contributed by atoms with Crippen LogP contribution in [0, 0.1) is 23.1 Å². The number of nitrogens with zero attached hydrogens (tertiary/aromatic N) is 6. The molecule has 5 rings (SSSR count). The molecule has 1 aliphatic carbocycles. The van der Waals surface area contributed by atoms with E-state index in [4.69, 9.17) is 14.7 Å². The number of ether oxygens (including phenoxy) is 2. The number of fused-ring (bicyclic) bond motifs is 1. The summed E-state index contributed by atoms with van der Waals surface area (Å²) < 4.78 is 53.9. The number of nitrogens with one attached hydrogen (secondary N) is 2. The maximum absolute atomic E-state index is 14.5. The van der Waals surface area contributed by atoms with Gasteiger partial charge >= 0.3 is 0 Å². The molecular formula is C20H17FN8O4S. The van der Waals surface area contributed by atoms with E-state index in [2.05, 4.69) is 35.9 Å². The number of sulfonamides is 1. The monoisotopic (exact) mass is 484 g/mol. The van der Waals surface area contributed by atoms with Gasteiger partial charge in [-0.15, -0.1) is 4.80 Å². The molecule has 0 saturated heterocycles. The summed E-state index contributed by atoms with van der Waals surface area (Å²) in [5, 5.41) is 17.2. The Balaban J connectivity index is 1.55. The highest BCUT2D eigenvalue weighted by atomic mass is 32.2. The van der Waals surface area contributed by atoms with Crippen LogP contribution in [-0.4, -0.2) is 52.6 Å². The van der Waals surface area contributed by atoms with Crippen LogP contribution in [0.1, 0.15) is 17.9 Å². The van der Waals surface area contributed by atoms with Crippen molar-refractivity contribution in [1.82, 2.24) is 29.9 Å². The van der Waals surface area contributed by atoms with Gasteiger partial charge < -0.3 is 14.5 Å². The van der Waals surface area contributed by atoms with E-state index in [0.717, 1.165) is 10.9 Å². The molecule has 1 aliphatic rings. The molecule has 0 bridgehead atoms. The van der Waals surface area contributed by atoms with Crippen LogP contribution in [0.2, 0.25) is 0 Å². The van der Waals surface area contributed by atoms with E-state index in [0.29, 0.717) is 12.0 Å². The maximum atomic E-state index is 14.5. The minimum Gasteiger partial charge on any atom is -0.481 e. The summed E-state index contributed by atoms with van der Waals surface area (Å²) in [6.07, 6.45) is 4.59. The number of H-pyrrole nitrogens is 1. The van der Waals surface area contributed by atoms with Crippen LogP contribution in [-0.2, 0) is 10.0 Å². The van der Waals surface area contributed by atoms with Gasteiger partial charge in [0.05, 0.1) is 49.7 Å². The molecule has 34 heavy (non-hydrogen) atoms. The number of aromatic amines is 1. The summed E-state index contributed by atoms with van der Waals surface area (Å²) in [5.41, 5.74) is 0.682. The van der Waals surface area contributed by atoms with E-state index in [9.17, 15) is 12.8 Å². The predicted molar refractivity (Wildman–Crippen MR) is 116 cm³/mol. The van der Waals surface area contributed by atoms with Gasteiger partial charge in [-0.1, -0.05) is 0 Å². The van der Waals surface area contributed by atoms with Crippen molar-refractivity contribution in [2.24, 2.45) is 5.92 Å². The Bertz CT molecular complexity index is 1520. The van der Waals surface area contributed by atoms with Gasteiger partial charge in [-0.05, 0) is 18.6 Å². The van der Waals surface area contributed by atoms with Crippen molar-refractivity contribution in [3.05, 3.63) is 42.1 Å². The molecule has 4 aromatic rings. The van der Waals surface area contributed by atoms with Gasteiger partial charge in [-0.25, -0.2) is 17.5 Å². The van der Waals surface area contributed by atoms with Gasteiger partial charge in [-0.2, -0.15) is 25.4 Å². The minimum absolute atomic E-state index is 0.0237. The zero-order valence-electron chi connectivity index (χ0n) is 17.9. The number of aromatic nitrogens is 6. The fourth-order valence-corrected chi connectivity index (χ4v) is 4.93. The summed E-state index contributed by atoms with van der Waals surface area (Å²) in [6.45, 7) is 0. The Morgan fingerprint density at radius 1 is 1.21 bits per heavy atom. The Labute approximate surface area is 192 Å². The molecule has 174 valence electrons. The first kappa shape index (κ1) is 21.6. The second kappa shape index (κ2) is 7.96. The number of hydrogen-bond acceptors (Lipinski definition) is 9. The van der Waals surface area contributed by atoms with Gasteiger partial charge in [-0.3, -0.25) is 0 Å². The van der Waals surface area contributed by atoms with E-state index in [1.165, 1.54) is 38.9 Å². The average Bonchev–Trinajstić information content (AvgIpc) is 3.18. The van der Waals surface area contributed by atoms with Crippen molar-refractivity contribution < 1.29 is 22.3 Å². The molecule has 1 fully saturated rings. The summed E-state index contributed by atoms with van der Waals surface area (Å²) >= 11 is 0. The molecule has 3 heterocycles. The first-order valence-electron chi connectivity index (χ1n) is 9.96. The van der Waals surface area contributed by atoms with Gasteiger partial charge in [0.2, 0.25) is 17.7 Å². The normalized spacial score (nSPS) is 17.4. The van der Waals surface area contributed by atoms with Crippen molar-refractivity contribution in [2.45, 2.75) is 17.2 Å². The van der Waals surface area contributed by atoms with Gasteiger partial charge in [0.25, 0.3) is 10.0 Å². The average molecular weight is 484 g/mol. The lowest BCUT2D eigenvalue weighted by Crippen LogP contribution is -2.16. The number of hydrogen-bond donors (Lipinski definition) is 2. The zero-order valence-corrected chi connectivity index (χ0v) is 18.7. The molecule has 0 aliphatic heterocycles. The highest BCUT2D eigenvalue weighted by molar-refractivity contribution is 7.93. The Morgan fingerprint density at radius 2 is 1.88 bits per heavy atom. The van der Waals surface area contributed by atoms with Crippen molar-refractivity contribution in [3.8, 4) is 23.5 Å². The molecule has 2 N–H and O–H groups in total. The quantitative estimate of drug-likeness (QED) is 0.400. The van der Waals surface area contributed by atoms with E-state index in [1.54, 1.807) is 0 Å². The molecule has 1 aromatic carbocycles. The van der Waals surface area contributed by atoms with Crippen LogP contribution in [0.25, 0.3) is 16.6 Å². The van der Waals surface area contributed by atoms with Crippen molar-refractivity contribution in [2.75, 3.05) is 18.9 Å². The van der Waals surface area contributed by atoms with E-state index >= 15 is 0 Å². The number of anilines is 1. The third kappa shape index (κ3) is 3.46. The van der Waals surface area contributed by atoms with Crippen LogP contribution in [0.15, 0.2) is 35.6 Å². The van der Waals surface area contributed by atoms with Crippen LogP contribution in [0.5, 0.6) is 11.8 Å². The summed E-state index contributed by atoms with van der Waals surface area (Å²) in [7, 11) is -1.46. The number of halogens is 1. The molecule has 0 spiro atoms.